The predicted octanol–water partition coefficient (Wildman–Crippen LogP) is 3.18. The summed E-state index contributed by atoms with van der Waals surface area (Å²) in [6, 6.07) is 9.45. The van der Waals surface area contributed by atoms with E-state index >= 15 is 0 Å². The molecular weight excluding hydrogens is 341 g/mol. The van der Waals surface area contributed by atoms with E-state index < -0.39 is 0 Å². The first-order valence-corrected chi connectivity index (χ1v) is 9.52. The summed E-state index contributed by atoms with van der Waals surface area (Å²) in [5, 5.41) is 4.23. The van der Waals surface area contributed by atoms with Crippen LogP contribution in [0.2, 0.25) is 5.82 Å². The zero-order chi connectivity index (χ0) is 19.2. The average molecular weight is 367 g/mol. The smallest absolute Gasteiger partial charge is 0.403 e. The van der Waals surface area contributed by atoms with Crippen molar-refractivity contribution in [3.05, 3.63) is 48.3 Å². The molecule has 27 heavy (non-hydrogen) atoms. The van der Waals surface area contributed by atoms with Crippen LogP contribution in [0, 0.1) is 0 Å². The van der Waals surface area contributed by atoms with Crippen molar-refractivity contribution in [2.75, 3.05) is 13.1 Å². The summed E-state index contributed by atoms with van der Waals surface area (Å²) in [6.45, 7) is 9.62. The van der Waals surface area contributed by atoms with Gasteiger partial charge in [0.05, 0.1) is 16.9 Å². The van der Waals surface area contributed by atoms with E-state index in [1.54, 1.807) is 10.9 Å². The molecule has 2 aliphatic rings. The van der Waals surface area contributed by atoms with Crippen LogP contribution in [-0.4, -0.2) is 52.0 Å². The zero-order valence-electron chi connectivity index (χ0n) is 16.4. The number of aromatic nitrogens is 2. The van der Waals surface area contributed by atoms with E-state index in [0.717, 1.165) is 18.7 Å². The molecule has 1 aromatic heterocycles. The van der Waals surface area contributed by atoms with Gasteiger partial charge in [-0.2, -0.15) is 5.10 Å². The summed E-state index contributed by atoms with van der Waals surface area (Å²) in [4.78, 5) is 14.9. The molecule has 0 radical (unpaired) electrons. The monoisotopic (exact) mass is 367 g/mol. The largest absolute Gasteiger partial charge is 0.463 e. The van der Waals surface area contributed by atoms with Crippen molar-refractivity contribution in [3.8, 4) is 5.69 Å². The molecule has 142 valence electrons. The first-order valence-electron chi connectivity index (χ1n) is 9.52. The second kappa shape index (κ2) is 6.50. The fourth-order valence-corrected chi connectivity index (χ4v) is 3.66. The maximum Gasteiger partial charge on any atom is 0.463 e. The van der Waals surface area contributed by atoms with Gasteiger partial charge >= 0.3 is 7.12 Å². The summed E-state index contributed by atoms with van der Waals surface area (Å²) in [5.41, 5.74) is 0.880. The number of likely N-dealkylation sites (tertiary alicyclic amines) is 1. The molecule has 1 atom stereocenters. The molecule has 7 heteroatoms. The summed E-state index contributed by atoms with van der Waals surface area (Å²) >= 11 is 0. The van der Waals surface area contributed by atoms with Crippen LogP contribution in [0.3, 0.4) is 0 Å². The number of benzene rings is 1. The van der Waals surface area contributed by atoms with Crippen molar-refractivity contribution in [1.82, 2.24) is 14.7 Å². The minimum Gasteiger partial charge on any atom is -0.403 e. The molecule has 0 spiro atoms. The van der Waals surface area contributed by atoms with Gasteiger partial charge in [-0.05, 0) is 58.4 Å². The summed E-state index contributed by atoms with van der Waals surface area (Å²) in [5.74, 6) is 0.243. The molecule has 2 aromatic rings. The highest BCUT2D eigenvalue weighted by atomic mass is 16.7. The van der Waals surface area contributed by atoms with Gasteiger partial charge in [-0.3, -0.25) is 4.79 Å². The van der Waals surface area contributed by atoms with Crippen LogP contribution < -0.4 is 0 Å². The van der Waals surface area contributed by atoms with Gasteiger partial charge in [0, 0.05) is 36.9 Å². The van der Waals surface area contributed by atoms with Gasteiger partial charge in [-0.1, -0.05) is 6.07 Å². The van der Waals surface area contributed by atoms with Crippen LogP contribution >= 0.6 is 0 Å². The highest BCUT2D eigenvalue weighted by Gasteiger charge is 2.54. The molecule has 1 aromatic carbocycles. The normalized spacial score (nSPS) is 23.8. The van der Waals surface area contributed by atoms with Crippen molar-refractivity contribution < 1.29 is 14.1 Å². The molecule has 0 aliphatic carbocycles. The fraction of sp³-hybridized carbons (Fsp3) is 0.500. The van der Waals surface area contributed by atoms with Gasteiger partial charge in [0.15, 0.2) is 0 Å². The number of carbonyl (C=O) groups is 1. The third-order valence-corrected chi connectivity index (χ3v) is 6.03. The molecule has 4 rings (SSSR count). The zero-order valence-corrected chi connectivity index (χ0v) is 16.4. The Morgan fingerprint density at radius 3 is 2.59 bits per heavy atom. The first-order chi connectivity index (χ1) is 12.8. The Kier molecular flexibility index (Phi) is 4.39. The van der Waals surface area contributed by atoms with E-state index in [1.165, 1.54) is 0 Å². The van der Waals surface area contributed by atoms with E-state index in [2.05, 4.69) is 32.8 Å². The van der Waals surface area contributed by atoms with Crippen LogP contribution in [0.15, 0.2) is 42.7 Å². The number of amides is 1. The maximum atomic E-state index is 13.0. The van der Waals surface area contributed by atoms with E-state index in [1.807, 2.05) is 41.4 Å². The van der Waals surface area contributed by atoms with Crippen molar-refractivity contribution in [2.45, 2.75) is 51.1 Å². The number of rotatable bonds is 3. The highest BCUT2D eigenvalue weighted by molar-refractivity contribution is 6.47. The van der Waals surface area contributed by atoms with Crippen LogP contribution in [0.1, 0.15) is 44.5 Å². The summed E-state index contributed by atoms with van der Waals surface area (Å²) < 4.78 is 14.1. The number of hydrogen-bond acceptors (Lipinski definition) is 4. The lowest BCUT2D eigenvalue weighted by Gasteiger charge is -2.32. The van der Waals surface area contributed by atoms with Gasteiger partial charge in [0.1, 0.15) is 0 Å². The number of hydrogen-bond donors (Lipinski definition) is 0. The second-order valence-corrected chi connectivity index (χ2v) is 8.43. The van der Waals surface area contributed by atoms with E-state index in [9.17, 15) is 4.79 Å². The SMILES string of the molecule is CC1(C)OB(C2CCN(C(=O)c3cccc(-n4cccn4)c3)C2)OC1(C)C. The lowest BCUT2D eigenvalue weighted by atomic mass is 9.71. The standard InChI is InChI=1S/C20H26BN3O3/c1-19(2)20(3,4)27-21(26-19)16-9-12-23(14-16)18(25)15-7-5-8-17(13-15)24-11-6-10-22-24/h5-8,10-11,13,16H,9,12,14H2,1-4H3. The van der Waals surface area contributed by atoms with Gasteiger partial charge in [0.25, 0.3) is 5.91 Å². The van der Waals surface area contributed by atoms with E-state index in [4.69, 9.17) is 9.31 Å². The molecule has 2 saturated heterocycles. The Hall–Kier alpha value is -2.12. The van der Waals surface area contributed by atoms with Gasteiger partial charge in [-0.15, -0.1) is 0 Å². The van der Waals surface area contributed by atoms with Crippen molar-refractivity contribution >= 4 is 13.0 Å². The third kappa shape index (κ3) is 3.30. The van der Waals surface area contributed by atoms with Crippen LogP contribution in [-0.2, 0) is 9.31 Å². The lowest BCUT2D eigenvalue weighted by molar-refractivity contribution is 0.00578. The highest BCUT2D eigenvalue weighted by Crippen LogP contribution is 2.42. The van der Waals surface area contributed by atoms with Gasteiger partial charge in [-0.25, -0.2) is 4.68 Å². The lowest BCUT2D eigenvalue weighted by Crippen LogP contribution is -2.41. The minimum atomic E-state index is -0.340. The molecule has 0 N–H and O–H groups in total. The Morgan fingerprint density at radius 1 is 1.19 bits per heavy atom. The van der Waals surface area contributed by atoms with Crippen LogP contribution in [0.25, 0.3) is 5.69 Å². The van der Waals surface area contributed by atoms with Crippen molar-refractivity contribution in [1.29, 1.82) is 0 Å². The topological polar surface area (TPSA) is 56.6 Å². The van der Waals surface area contributed by atoms with Crippen molar-refractivity contribution in [3.63, 3.8) is 0 Å². The molecule has 6 nitrogen and oxygen atoms in total. The maximum absolute atomic E-state index is 13.0. The number of nitrogens with zero attached hydrogens (tertiary/aromatic N) is 3. The van der Waals surface area contributed by atoms with Crippen molar-refractivity contribution in [2.24, 2.45) is 0 Å². The number of carbonyl (C=O) groups excluding carboxylic acids is 1. The average Bonchev–Trinajstić information content (AvgIpc) is 3.35. The molecule has 1 unspecified atom stereocenters. The Balaban J connectivity index is 1.45. The second-order valence-electron chi connectivity index (χ2n) is 8.43. The quantitative estimate of drug-likeness (QED) is 0.782. The molecule has 2 fully saturated rings. The molecule has 0 bridgehead atoms. The Labute approximate surface area is 160 Å². The molecule has 1 amide bonds. The molecular formula is C20H26BN3O3. The van der Waals surface area contributed by atoms with E-state index in [-0.39, 0.29) is 30.0 Å². The molecule has 3 heterocycles. The predicted molar refractivity (Wildman–Crippen MR) is 104 cm³/mol. The minimum absolute atomic E-state index is 0.0445. The Morgan fingerprint density at radius 2 is 1.93 bits per heavy atom. The summed E-state index contributed by atoms with van der Waals surface area (Å²) in [6.07, 6.45) is 4.49. The fourth-order valence-electron chi connectivity index (χ4n) is 3.66. The van der Waals surface area contributed by atoms with Crippen LogP contribution in [0.5, 0.6) is 0 Å². The third-order valence-electron chi connectivity index (χ3n) is 6.03. The Bertz CT molecular complexity index is 819. The molecule has 2 aliphatic heterocycles. The first kappa shape index (κ1) is 18.3. The van der Waals surface area contributed by atoms with Crippen LogP contribution in [0.4, 0.5) is 0 Å². The molecule has 0 saturated carbocycles. The van der Waals surface area contributed by atoms with E-state index in [0.29, 0.717) is 12.1 Å². The van der Waals surface area contributed by atoms with Gasteiger partial charge < -0.3 is 14.2 Å². The van der Waals surface area contributed by atoms with Gasteiger partial charge in [0.2, 0.25) is 0 Å². The summed E-state index contributed by atoms with van der Waals surface area (Å²) in [7, 11) is -0.261.